The van der Waals surface area contributed by atoms with E-state index in [0.29, 0.717) is 41.1 Å². The molecular formula is C18H14F3N3O. The van der Waals surface area contributed by atoms with Gasteiger partial charge in [0.1, 0.15) is 11.5 Å². The van der Waals surface area contributed by atoms with Crippen LogP contribution >= 0.6 is 0 Å². The standard InChI is InChI=1S/C18H14F3N3O/c1-23-9-7-14-15(25)13-6-3-8-22-16(13)24(17(14)23)12-5-2-4-11(10-12)18(19,20)21/h2-6,8,10H,7,9H2,1H3. The minimum absolute atomic E-state index is 0.106. The lowest BCUT2D eigenvalue weighted by molar-refractivity contribution is -0.137. The van der Waals surface area contributed by atoms with Gasteiger partial charge in [-0.05, 0) is 36.8 Å². The average Bonchev–Trinajstić information content (AvgIpc) is 2.97. The highest BCUT2D eigenvalue weighted by Crippen LogP contribution is 2.34. The molecule has 0 bridgehead atoms. The summed E-state index contributed by atoms with van der Waals surface area (Å²) in [4.78, 5) is 18.9. The predicted molar refractivity (Wildman–Crippen MR) is 89.3 cm³/mol. The molecule has 0 spiro atoms. The summed E-state index contributed by atoms with van der Waals surface area (Å²) in [6.45, 7) is 0.639. The highest BCUT2D eigenvalue weighted by atomic mass is 19.4. The van der Waals surface area contributed by atoms with E-state index in [1.54, 1.807) is 22.8 Å². The third-order valence-electron chi connectivity index (χ3n) is 4.49. The zero-order chi connectivity index (χ0) is 17.8. The fourth-order valence-electron chi connectivity index (χ4n) is 3.33. The molecule has 0 radical (unpaired) electrons. The first-order valence-corrected chi connectivity index (χ1v) is 7.79. The van der Waals surface area contributed by atoms with Crippen molar-refractivity contribution in [1.29, 1.82) is 0 Å². The van der Waals surface area contributed by atoms with Crippen LogP contribution in [-0.4, -0.2) is 23.1 Å². The maximum Gasteiger partial charge on any atom is 0.416 e. The number of hydrogen-bond acceptors (Lipinski definition) is 3. The van der Waals surface area contributed by atoms with Gasteiger partial charge in [-0.2, -0.15) is 13.2 Å². The van der Waals surface area contributed by atoms with Gasteiger partial charge in [0.15, 0.2) is 5.43 Å². The highest BCUT2D eigenvalue weighted by Gasteiger charge is 2.32. The maximum absolute atomic E-state index is 13.1. The van der Waals surface area contributed by atoms with Crippen molar-refractivity contribution in [2.24, 2.45) is 0 Å². The number of benzene rings is 1. The lowest BCUT2D eigenvalue weighted by atomic mass is 10.1. The Morgan fingerprint density at radius 2 is 1.96 bits per heavy atom. The van der Waals surface area contributed by atoms with Gasteiger partial charge in [0.05, 0.1) is 10.9 Å². The van der Waals surface area contributed by atoms with E-state index in [-0.39, 0.29) is 5.43 Å². The van der Waals surface area contributed by atoms with Crippen LogP contribution in [0.3, 0.4) is 0 Å². The molecule has 0 saturated heterocycles. The Morgan fingerprint density at radius 1 is 1.16 bits per heavy atom. The van der Waals surface area contributed by atoms with E-state index in [0.717, 1.165) is 12.1 Å². The minimum Gasteiger partial charge on any atom is -0.360 e. The Balaban J connectivity index is 2.11. The molecule has 1 aliphatic heterocycles. The van der Waals surface area contributed by atoms with Crippen LogP contribution in [0.1, 0.15) is 11.1 Å². The summed E-state index contributed by atoms with van der Waals surface area (Å²) >= 11 is 0. The number of anilines is 1. The molecule has 0 unspecified atom stereocenters. The summed E-state index contributed by atoms with van der Waals surface area (Å²) in [6.07, 6.45) is -2.34. The summed E-state index contributed by atoms with van der Waals surface area (Å²) in [6, 6.07) is 8.40. The summed E-state index contributed by atoms with van der Waals surface area (Å²) in [5.74, 6) is 0.607. The zero-order valence-electron chi connectivity index (χ0n) is 13.3. The van der Waals surface area contributed by atoms with Gasteiger partial charge in [-0.15, -0.1) is 0 Å². The summed E-state index contributed by atoms with van der Waals surface area (Å²) in [5, 5.41) is 0.411. The Hall–Kier alpha value is -2.83. The number of alkyl halides is 3. The van der Waals surface area contributed by atoms with Crippen molar-refractivity contribution in [3.63, 3.8) is 0 Å². The van der Waals surface area contributed by atoms with Crippen LogP contribution < -0.4 is 10.3 Å². The molecule has 0 fully saturated rings. The molecule has 128 valence electrons. The van der Waals surface area contributed by atoms with E-state index in [1.165, 1.54) is 12.3 Å². The second-order valence-corrected chi connectivity index (χ2v) is 6.06. The minimum atomic E-state index is -4.44. The topological polar surface area (TPSA) is 38.1 Å². The molecule has 25 heavy (non-hydrogen) atoms. The summed E-state index contributed by atoms with van der Waals surface area (Å²) in [5.41, 5.74) is 0.469. The zero-order valence-corrected chi connectivity index (χ0v) is 13.3. The monoisotopic (exact) mass is 345 g/mol. The third kappa shape index (κ3) is 2.38. The molecule has 7 heteroatoms. The number of fused-ring (bicyclic) bond motifs is 2. The number of pyridine rings is 2. The van der Waals surface area contributed by atoms with Crippen LogP contribution in [0.25, 0.3) is 16.7 Å². The lowest BCUT2D eigenvalue weighted by Crippen LogP contribution is -2.20. The molecule has 2 aromatic heterocycles. The molecule has 0 saturated carbocycles. The van der Waals surface area contributed by atoms with E-state index in [1.807, 2.05) is 11.9 Å². The highest BCUT2D eigenvalue weighted by molar-refractivity contribution is 5.82. The van der Waals surface area contributed by atoms with Crippen LogP contribution in [0, 0.1) is 0 Å². The van der Waals surface area contributed by atoms with Crippen LogP contribution in [0.4, 0.5) is 19.0 Å². The van der Waals surface area contributed by atoms with Crippen LogP contribution in [0.5, 0.6) is 0 Å². The number of aromatic nitrogens is 2. The quantitative estimate of drug-likeness (QED) is 0.678. The van der Waals surface area contributed by atoms with E-state index in [2.05, 4.69) is 4.98 Å². The maximum atomic E-state index is 13.1. The number of rotatable bonds is 1. The van der Waals surface area contributed by atoms with Gasteiger partial charge in [-0.25, -0.2) is 4.98 Å². The van der Waals surface area contributed by atoms with Gasteiger partial charge >= 0.3 is 6.18 Å². The van der Waals surface area contributed by atoms with Crippen molar-refractivity contribution in [2.75, 3.05) is 18.5 Å². The van der Waals surface area contributed by atoms with Gasteiger partial charge in [0, 0.05) is 31.0 Å². The van der Waals surface area contributed by atoms with Crippen molar-refractivity contribution in [1.82, 2.24) is 9.55 Å². The van der Waals surface area contributed by atoms with Gasteiger partial charge < -0.3 is 4.90 Å². The number of halogens is 3. The van der Waals surface area contributed by atoms with Crippen LogP contribution in [0.15, 0.2) is 47.4 Å². The first-order valence-electron chi connectivity index (χ1n) is 7.79. The Kier molecular flexibility index (Phi) is 3.35. The molecule has 0 atom stereocenters. The number of hydrogen-bond donors (Lipinski definition) is 0. The van der Waals surface area contributed by atoms with Gasteiger partial charge in [-0.1, -0.05) is 6.07 Å². The van der Waals surface area contributed by atoms with E-state index in [4.69, 9.17) is 0 Å². The second-order valence-electron chi connectivity index (χ2n) is 6.06. The molecule has 3 aromatic rings. The molecule has 0 N–H and O–H groups in total. The molecule has 3 heterocycles. The Labute approximate surface area is 141 Å². The smallest absolute Gasteiger partial charge is 0.360 e. The molecule has 4 nitrogen and oxygen atoms in total. The van der Waals surface area contributed by atoms with Crippen molar-refractivity contribution in [3.8, 4) is 5.69 Å². The normalized spacial score (nSPS) is 14.2. The number of likely N-dealkylation sites (N-methyl/N-ethyl adjacent to an activating group) is 1. The summed E-state index contributed by atoms with van der Waals surface area (Å²) < 4.78 is 41.0. The average molecular weight is 345 g/mol. The van der Waals surface area contributed by atoms with Crippen molar-refractivity contribution >= 4 is 16.9 Å². The third-order valence-corrected chi connectivity index (χ3v) is 4.49. The van der Waals surface area contributed by atoms with E-state index in [9.17, 15) is 18.0 Å². The van der Waals surface area contributed by atoms with Crippen molar-refractivity contribution in [2.45, 2.75) is 12.6 Å². The fourth-order valence-corrected chi connectivity index (χ4v) is 3.33. The first kappa shape index (κ1) is 15.7. The van der Waals surface area contributed by atoms with E-state index < -0.39 is 11.7 Å². The fraction of sp³-hybridized carbons (Fsp3) is 0.222. The Morgan fingerprint density at radius 3 is 2.72 bits per heavy atom. The summed E-state index contributed by atoms with van der Waals surface area (Å²) in [7, 11) is 1.82. The van der Waals surface area contributed by atoms with Crippen molar-refractivity contribution in [3.05, 3.63) is 63.9 Å². The van der Waals surface area contributed by atoms with Gasteiger partial charge in [0.2, 0.25) is 0 Å². The molecule has 4 rings (SSSR count). The second kappa shape index (κ2) is 5.34. The first-order chi connectivity index (χ1) is 11.9. The predicted octanol–water partition coefficient (Wildman–Crippen LogP) is 3.40. The Bertz CT molecular complexity index is 1040. The lowest BCUT2D eigenvalue weighted by Gasteiger charge is -2.21. The molecular weight excluding hydrogens is 331 g/mol. The van der Waals surface area contributed by atoms with Crippen LogP contribution in [0.2, 0.25) is 0 Å². The SMILES string of the molecule is CN1CCc2c1n(-c1cccc(C(F)(F)F)c1)c1ncccc1c2=O. The van der Waals surface area contributed by atoms with Gasteiger partial charge in [0.25, 0.3) is 0 Å². The van der Waals surface area contributed by atoms with E-state index >= 15 is 0 Å². The molecule has 0 amide bonds. The molecule has 0 aliphatic carbocycles. The largest absolute Gasteiger partial charge is 0.416 e. The van der Waals surface area contributed by atoms with Crippen LogP contribution in [-0.2, 0) is 12.6 Å². The molecule has 1 aromatic carbocycles. The molecule has 1 aliphatic rings. The van der Waals surface area contributed by atoms with Gasteiger partial charge in [-0.3, -0.25) is 9.36 Å². The number of nitrogens with zero attached hydrogens (tertiary/aromatic N) is 3. The van der Waals surface area contributed by atoms with Crippen molar-refractivity contribution < 1.29 is 13.2 Å².